The number of halogens is 1. The van der Waals surface area contributed by atoms with Crippen molar-refractivity contribution in [1.29, 1.82) is 0 Å². The summed E-state index contributed by atoms with van der Waals surface area (Å²) < 4.78 is 5.33. The molecule has 0 fully saturated rings. The Morgan fingerprint density at radius 1 is 1.33 bits per heavy atom. The SMILES string of the molecule is O=C(CBr)c1ccc(OCCCO)cc1. The molecule has 1 aromatic rings. The standard InChI is InChI=1S/C11H13BrO3/c12-8-11(14)9-2-4-10(5-3-9)15-7-1-6-13/h2-5,13H,1,6-8H2. The number of aliphatic hydroxyl groups is 1. The minimum Gasteiger partial charge on any atom is -0.494 e. The molecule has 0 saturated heterocycles. The third-order valence-corrected chi connectivity index (χ3v) is 2.38. The number of carbonyl (C=O) groups excluding carboxylic acids is 1. The van der Waals surface area contributed by atoms with Crippen molar-refractivity contribution < 1.29 is 14.6 Å². The highest BCUT2D eigenvalue weighted by molar-refractivity contribution is 9.09. The van der Waals surface area contributed by atoms with Gasteiger partial charge in [0, 0.05) is 18.6 Å². The predicted octanol–water partition coefficient (Wildman–Crippen LogP) is 2.03. The van der Waals surface area contributed by atoms with E-state index in [9.17, 15) is 4.79 Å². The maximum atomic E-state index is 11.3. The summed E-state index contributed by atoms with van der Waals surface area (Å²) in [5.74, 6) is 0.770. The summed E-state index contributed by atoms with van der Waals surface area (Å²) >= 11 is 3.11. The van der Waals surface area contributed by atoms with E-state index in [0.717, 1.165) is 5.75 Å². The van der Waals surface area contributed by atoms with E-state index in [-0.39, 0.29) is 12.4 Å². The van der Waals surface area contributed by atoms with Crippen molar-refractivity contribution in [2.24, 2.45) is 0 Å². The van der Waals surface area contributed by atoms with Gasteiger partial charge in [0.15, 0.2) is 5.78 Å². The van der Waals surface area contributed by atoms with Gasteiger partial charge in [-0.15, -0.1) is 0 Å². The highest BCUT2D eigenvalue weighted by Crippen LogP contribution is 2.13. The number of aliphatic hydroxyl groups excluding tert-OH is 1. The van der Waals surface area contributed by atoms with E-state index in [1.54, 1.807) is 24.3 Å². The Hall–Kier alpha value is -0.870. The summed E-state index contributed by atoms with van der Waals surface area (Å²) in [5, 5.41) is 8.89. The molecular weight excluding hydrogens is 260 g/mol. The average Bonchev–Trinajstić information content (AvgIpc) is 2.29. The summed E-state index contributed by atoms with van der Waals surface area (Å²) in [4.78, 5) is 11.3. The second kappa shape index (κ2) is 6.58. The van der Waals surface area contributed by atoms with Crippen LogP contribution in [0.1, 0.15) is 16.8 Å². The van der Waals surface area contributed by atoms with Crippen LogP contribution in [0.3, 0.4) is 0 Å². The molecule has 3 nitrogen and oxygen atoms in total. The van der Waals surface area contributed by atoms with Crippen molar-refractivity contribution >= 4 is 21.7 Å². The molecule has 0 heterocycles. The molecule has 0 radical (unpaired) electrons. The van der Waals surface area contributed by atoms with Crippen LogP contribution in [0.15, 0.2) is 24.3 Å². The minimum atomic E-state index is 0.0527. The van der Waals surface area contributed by atoms with Gasteiger partial charge in [0.2, 0.25) is 0 Å². The Balaban J connectivity index is 2.52. The number of benzene rings is 1. The van der Waals surface area contributed by atoms with Gasteiger partial charge in [-0.3, -0.25) is 4.79 Å². The maximum absolute atomic E-state index is 11.3. The van der Waals surface area contributed by atoms with Crippen molar-refractivity contribution in [2.45, 2.75) is 6.42 Å². The fraction of sp³-hybridized carbons (Fsp3) is 0.364. The van der Waals surface area contributed by atoms with Gasteiger partial charge in [0.1, 0.15) is 5.75 Å². The fourth-order valence-electron chi connectivity index (χ4n) is 1.07. The van der Waals surface area contributed by atoms with Crippen molar-refractivity contribution in [2.75, 3.05) is 18.5 Å². The molecule has 0 unspecified atom stereocenters. The largest absolute Gasteiger partial charge is 0.494 e. The molecule has 0 amide bonds. The van der Waals surface area contributed by atoms with Gasteiger partial charge in [-0.25, -0.2) is 0 Å². The molecule has 0 aliphatic rings. The van der Waals surface area contributed by atoms with E-state index in [4.69, 9.17) is 9.84 Å². The van der Waals surface area contributed by atoms with Crippen LogP contribution in [0, 0.1) is 0 Å². The van der Waals surface area contributed by atoms with Gasteiger partial charge < -0.3 is 9.84 Å². The van der Waals surface area contributed by atoms with Crippen LogP contribution in [-0.4, -0.2) is 29.4 Å². The number of ketones is 1. The smallest absolute Gasteiger partial charge is 0.173 e. The molecule has 0 bridgehead atoms. The highest BCUT2D eigenvalue weighted by Gasteiger charge is 2.03. The van der Waals surface area contributed by atoms with Crippen LogP contribution < -0.4 is 4.74 Å². The Morgan fingerprint density at radius 3 is 2.53 bits per heavy atom. The van der Waals surface area contributed by atoms with Crippen LogP contribution in [-0.2, 0) is 0 Å². The topological polar surface area (TPSA) is 46.5 Å². The summed E-state index contributed by atoms with van der Waals surface area (Å²) in [6.45, 7) is 0.613. The molecule has 1 N–H and O–H groups in total. The first-order valence-corrected chi connectivity index (χ1v) is 5.83. The third kappa shape index (κ3) is 4.01. The summed E-state index contributed by atoms with van der Waals surface area (Å²) in [7, 11) is 0. The lowest BCUT2D eigenvalue weighted by Gasteiger charge is -2.05. The van der Waals surface area contributed by atoms with Gasteiger partial charge in [-0.2, -0.15) is 0 Å². The van der Waals surface area contributed by atoms with Gasteiger partial charge in [-0.05, 0) is 24.3 Å². The summed E-state index contributed by atoms with van der Waals surface area (Å²) in [6.07, 6.45) is 0.613. The lowest BCUT2D eigenvalue weighted by atomic mass is 10.1. The van der Waals surface area contributed by atoms with Gasteiger partial charge in [0.05, 0.1) is 11.9 Å². The van der Waals surface area contributed by atoms with Crippen molar-refractivity contribution in [3.8, 4) is 5.75 Å². The Morgan fingerprint density at radius 2 is 2.00 bits per heavy atom. The molecule has 0 aliphatic heterocycles. The van der Waals surface area contributed by atoms with Crippen LogP contribution in [0.2, 0.25) is 0 Å². The molecule has 0 saturated carbocycles. The van der Waals surface area contributed by atoms with E-state index in [0.29, 0.717) is 23.9 Å². The molecule has 15 heavy (non-hydrogen) atoms. The number of hydrogen-bond donors (Lipinski definition) is 1. The lowest BCUT2D eigenvalue weighted by molar-refractivity contribution is 0.102. The van der Waals surface area contributed by atoms with Gasteiger partial charge in [-0.1, -0.05) is 15.9 Å². The zero-order chi connectivity index (χ0) is 11.1. The predicted molar refractivity (Wildman–Crippen MR) is 61.8 cm³/mol. The van der Waals surface area contributed by atoms with Gasteiger partial charge >= 0.3 is 0 Å². The van der Waals surface area contributed by atoms with Crippen molar-refractivity contribution in [1.82, 2.24) is 0 Å². The monoisotopic (exact) mass is 272 g/mol. The molecule has 4 heteroatoms. The van der Waals surface area contributed by atoms with Crippen LogP contribution in [0.5, 0.6) is 5.75 Å². The quantitative estimate of drug-likeness (QED) is 0.490. The van der Waals surface area contributed by atoms with Crippen molar-refractivity contribution in [3.63, 3.8) is 0 Å². The van der Waals surface area contributed by atoms with E-state index in [2.05, 4.69) is 15.9 Å². The first-order chi connectivity index (χ1) is 7.27. The van der Waals surface area contributed by atoms with E-state index >= 15 is 0 Å². The van der Waals surface area contributed by atoms with Gasteiger partial charge in [0.25, 0.3) is 0 Å². The normalized spacial score (nSPS) is 10.0. The van der Waals surface area contributed by atoms with Crippen LogP contribution in [0.25, 0.3) is 0 Å². The summed E-state index contributed by atoms with van der Waals surface area (Å²) in [6, 6.07) is 6.98. The van der Waals surface area contributed by atoms with E-state index in [1.165, 1.54) is 0 Å². The molecule has 82 valence electrons. The molecule has 0 aromatic heterocycles. The molecule has 1 aromatic carbocycles. The zero-order valence-electron chi connectivity index (χ0n) is 8.28. The Kier molecular flexibility index (Phi) is 5.36. The molecule has 0 aliphatic carbocycles. The van der Waals surface area contributed by atoms with Crippen LogP contribution >= 0.6 is 15.9 Å². The zero-order valence-corrected chi connectivity index (χ0v) is 9.87. The average molecular weight is 273 g/mol. The highest BCUT2D eigenvalue weighted by atomic mass is 79.9. The Labute approximate surface area is 97.2 Å². The minimum absolute atomic E-state index is 0.0527. The number of ether oxygens (including phenoxy) is 1. The first-order valence-electron chi connectivity index (χ1n) is 4.71. The maximum Gasteiger partial charge on any atom is 0.173 e. The van der Waals surface area contributed by atoms with E-state index < -0.39 is 0 Å². The second-order valence-corrected chi connectivity index (χ2v) is 3.57. The lowest BCUT2D eigenvalue weighted by Crippen LogP contribution is -2.01. The first kappa shape index (κ1) is 12.2. The molecule has 0 spiro atoms. The third-order valence-electron chi connectivity index (χ3n) is 1.87. The number of rotatable bonds is 6. The Bertz CT molecular complexity index is 308. The molecule has 0 atom stereocenters. The number of Topliss-reactive ketones (excluding diaryl/α,β-unsaturated/α-hetero) is 1. The molecular formula is C11H13BrO3. The van der Waals surface area contributed by atoms with Crippen molar-refractivity contribution in [3.05, 3.63) is 29.8 Å². The van der Waals surface area contributed by atoms with E-state index in [1.807, 2.05) is 0 Å². The van der Waals surface area contributed by atoms with Crippen LogP contribution in [0.4, 0.5) is 0 Å². The number of carbonyl (C=O) groups is 1. The summed E-state index contributed by atoms with van der Waals surface area (Å²) in [5.41, 5.74) is 0.668. The second-order valence-electron chi connectivity index (χ2n) is 3.01. The number of alkyl halides is 1. The fourth-order valence-corrected chi connectivity index (χ4v) is 1.39. The number of hydrogen-bond acceptors (Lipinski definition) is 3. The molecule has 1 rings (SSSR count).